The van der Waals surface area contributed by atoms with Gasteiger partial charge in [0.1, 0.15) is 12.1 Å². The molecule has 9 heteroatoms. The van der Waals surface area contributed by atoms with Crippen molar-refractivity contribution >= 4 is 23.3 Å². The van der Waals surface area contributed by atoms with Crippen molar-refractivity contribution in [2.75, 3.05) is 36.8 Å². The Labute approximate surface area is 144 Å². The second-order valence-corrected chi connectivity index (χ2v) is 6.56. The Morgan fingerprint density at radius 1 is 1.24 bits per heavy atom. The number of amides is 1. The molecule has 2 aromatic heterocycles. The van der Waals surface area contributed by atoms with E-state index in [4.69, 9.17) is 5.73 Å². The Morgan fingerprint density at radius 2 is 2.04 bits per heavy atom. The number of aromatic nitrogens is 4. The number of nitrogen functional groups attached to an aromatic ring is 1. The van der Waals surface area contributed by atoms with Crippen LogP contribution >= 0.6 is 0 Å². The molecule has 0 bridgehead atoms. The summed E-state index contributed by atoms with van der Waals surface area (Å²) in [6, 6.07) is 1.79. The van der Waals surface area contributed by atoms with Crippen molar-refractivity contribution in [3.63, 3.8) is 0 Å². The Kier molecular flexibility index (Phi) is 4.00. The van der Waals surface area contributed by atoms with Crippen LogP contribution in [0.15, 0.2) is 24.5 Å². The molecule has 4 rings (SSSR count). The zero-order valence-electron chi connectivity index (χ0n) is 13.8. The zero-order valence-corrected chi connectivity index (χ0v) is 13.8. The van der Waals surface area contributed by atoms with E-state index in [1.54, 1.807) is 15.4 Å². The largest absolute Gasteiger partial charge is 0.389 e. The number of rotatable bonds is 2. The van der Waals surface area contributed by atoms with Gasteiger partial charge in [0.15, 0.2) is 5.65 Å². The molecule has 3 heterocycles. The molecule has 132 valence electrons. The quantitative estimate of drug-likeness (QED) is 0.719. The maximum atomic E-state index is 12.6. The van der Waals surface area contributed by atoms with Gasteiger partial charge in [-0.15, -0.1) is 10.2 Å². The predicted octanol–water partition coefficient (Wildman–Crippen LogP) is -0.318. The van der Waals surface area contributed by atoms with Crippen molar-refractivity contribution in [1.82, 2.24) is 24.5 Å². The number of nitrogens with two attached hydrogens (primary N) is 1. The fourth-order valence-electron chi connectivity index (χ4n) is 3.48. The molecule has 1 saturated heterocycles. The van der Waals surface area contributed by atoms with E-state index in [0.717, 1.165) is 12.8 Å². The molecule has 2 aromatic rings. The van der Waals surface area contributed by atoms with Gasteiger partial charge in [0.2, 0.25) is 11.9 Å². The molecule has 1 amide bonds. The number of carbonyl (C=O) groups is 1. The topological polar surface area (TPSA) is 113 Å². The summed E-state index contributed by atoms with van der Waals surface area (Å²) in [4.78, 5) is 20.7. The van der Waals surface area contributed by atoms with Gasteiger partial charge < -0.3 is 20.6 Å². The normalized spacial score (nSPS) is 21.9. The highest BCUT2D eigenvalue weighted by atomic mass is 16.3. The van der Waals surface area contributed by atoms with Gasteiger partial charge in [0.05, 0.1) is 6.10 Å². The van der Waals surface area contributed by atoms with Crippen molar-refractivity contribution in [3.8, 4) is 0 Å². The number of anilines is 2. The Balaban J connectivity index is 1.52. The molecule has 1 atom stereocenters. The standard InChI is InChI=1S/C16H21N7O2/c17-16-19-13(7-14-20-18-10-23(14)16)21-5-6-22(9-12(24)8-21)15(25)11-3-1-2-4-11/h1-2,7,10-12,24H,3-6,8-9H2,(H2,17,19). The summed E-state index contributed by atoms with van der Waals surface area (Å²) in [5.41, 5.74) is 6.55. The molecule has 0 saturated carbocycles. The molecule has 1 aliphatic carbocycles. The molecule has 0 spiro atoms. The van der Waals surface area contributed by atoms with Crippen LogP contribution in [0, 0.1) is 5.92 Å². The molecule has 3 N–H and O–H groups in total. The summed E-state index contributed by atoms with van der Waals surface area (Å²) in [6.45, 7) is 1.86. The number of allylic oxidation sites excluding steroid dienone is 2. The summed E-state index contributed by atoms with van der Waals surface area (Å²) in [5.74, 6) is 1.06. The van der Waals surface area contributed by atoms with Crippen molar-refractivity contribution in [3.05, 3.63) is 24.5 Å². The molecule has 0 radical (unpaired) electrons. The van der Waals surface area contributed by atoms with Gasteiger partial charge >= 0.3 is 0 Å². The minimum Gasteiger partial charge on any atom is -0.389 e. The average Bonchev–Trinajstić information content (AvgIpc) is 3.24. The van der Waals surface area contributed by atoms with Crippen LogP contribution in [-0.2, 0) is 4.79 Å². The third-order valence-electron chi connectivity index (χ3n) is 4.80. The van der Waals surface area contributed by atoms with Crippen molar-refractivity contribution in [1.29, 1.82) is 0 Å². The Morgan fingerprint density at radius 3 is 2.84 bits per heavy atom. The summed E-state index contributed by atoms with van der Waals surface area (Å²) in [6.07, 6.45) is 6.54. The summed E-state index contributed by atoms with van der Waals surface area (Å²) >= 11 is 0. The van der Waals surface area contributed by atoms with Crippen LogP contribution in [0.2, 0.25) is 0 Å². The molecule has 1 unspecified atom stereocenters. The van der Waals surface area contributed by atoms with Gasteiger partial charge in [-0.25, -0.2) is 0 Å². The predicted molar refractivity (Wildman–Crippen MR) is 91.9 cm³/mol. The molecule has 0 aromatic carbocycles. The number of hydrogen-bond acceptors (Lipinski definition) is 7. The fraction of sp³-hybridized carbons (Fsp3) is 0.500. The minimum absolute atomic E-state index is 0.0138. The van der Waals surface area contributed by atoms with Gasteiger partial charge in [-0.3, -0.25) is 9.20 Å². The number of β-amino-alcohol motifs (C(OH)–C–C–N with tert-alkyl or cyclic N) is 1. The van der Waals surface area contributed by atoms with Crippen molar-refractivity contribution in [2.45, 2.75) is 18.9 Å². The molecular weight excluding hydrogens is 322 g/mol. The lowest BCUT2D eigenvalue weighted by atomic mass is 10.1. The third-order valence-corrected chi connectivity index (χ3v) is 4.80. The van der Waals surface area contributed by atoms with Crippen LogP contribution < -0.4 is 10.6 Å². The van der Waals surface area contributed by atoms with E-state index in [2.05, 4.69) is 15.2 Å². The van der Waals surface area contributed by atoms with Crippen LogP contribution in [0.25, 0.3) is 5.65 Å². The summed E-state index contributed by atoms with van der Waals surface area (Å²) < 4.78 is 1.60. The van der Waals surface area contributed by atoms with E-state index in [1.807, 2.05) is 17.1 Å². The first kappa shape index (κ1) is 15.8. The molecule has 1 fully saturated rings. The van der Waals surface area contributed by atoms with E-state index in [9.17, 15) is 9.90 Å². The monoisotopic (exact) mass is 343 g/mol. The molecule has 9 nitrogen and oxygen atoms in total. The maximum absolute atomic E-state index is 12.6. The number of nitrogens with zero attached hydrogens (tertiary/aromatic N) is 6. The summed E-state index contributed by atoms with van der Waals surface area (Å²) in [5, 5.41) is 18.2. The summed E-state index contributed by atoms with van der Waals surface area (Å²) in [7, 11) is 0. The molecule has 2 aliphatic rings. The van der Waals surface area contributed by atoms with E-state index in [-0.39, 0.29) is 11.8 Å². The number of hydrogen-bond donors (Lipinski definition) is 2. The fourth-order valence-corrected chi connectivity index (χ4v) is 3.48. The van der Waals surface area contributed by atoms with Gasteiger partial charge in [-0.1, -0.05) is 12.2 Å². The zero-order chi connectivity index (χ0) is 17.4. The van der Waals surface area contributed by atoms with Crippen LogP contribution in [-0.4, -0.2) is 67.8 Å². The van der Waals surface area contributed by atoms with Gasteiger partial charge in [0, 0.05) is 38.2 Å². The van der Waals surface area contributed by atoms with Crippen molar-refractivity contribution in [2.24, 2.45) is 5.92 Å². The van der Waals surface area contributed by atoms with Crippen LogP contribution in [0.4, 0.5) is 11.8 Å². The second kappa shape index (κ2) is 6.32. The highest BCUT2D eigenvalue weighted by molar-refractivity contribution is 5.80. The third kappa shape index (κ3) is 3.02. The molecule has 25 heavy (non-hydrogen) atoms. The Bertz CT molecular complexity index is 810. The van der Waals surface area contributed by atoms with E-state index in [0.29, 0.717) is 43.6 Å². The smallest absolute Gasteiger partial charge is 0.226 e. The first-order chi connectivity index (χ1) is 12.1. The first-order valence-corrected chi connectivity index (χ1v) is 8.45. The van der Waals surface area contributed by atoms with Crippen LogP contribution in [0.1, 0.15) is 12.8 Å². The lowest BCUT2D eigenvalue weighted by Gasteiger charge is -2.25. The van der Waals surface area contributed by atoms with E-state index >= 15 is 0 Å². The number of fused-ring (bicyclic) bond motifs is 1. The highest BCUT2D eigenvalue weighted by Gasteiger charge is 2.30. The molecule has 1 aliphatic heterocycles. The minimum atomic E-state index is -0.641. The average molecular weight is 343 g/mol. The number of aliphatic hydroxyl groups is 1. The second-order valence-electron chi connectivity index (χ2n) is 6.56. The first-order valence-electron chi connectivity index (χ1n) is 8.45. The van der Waals surface area contributed by atoms with Gasteiger partial charge in [-0.05, 0) is 12.8 Å². The number of aliphatic hydroxyl groups excluding tert-OH is 1. The lowest BCUT2D eigenvalue weighted by molar-refractivity contribution is -0.136. The van der Waals surface area contributed by atoms with Crippen LogP contribution in [0.3, 0.4) is 0 Å². The van der Waals surface area contributed by atoms with Gasteiger partial charge in [0.25, 0.3) is 0 Å². The lowest BCUT2D eigenvalue weighted by Crippen LogP contribution is -2.40. The van der Waals surface area contributed by atoms with Gasteiger partial charge in [-0.2, -0.15) is 4.98 Å². The maximum Gasteiger partial charge on any atom is 0.226 e. The highest BCUT2D eigenvalue weighted by Crippen LogP contribution is 2.23. The number of carbonyl (C=O) groups excluding carboxylic acids is 1. The van der Waals surface area contributed by atoms with Crippen molar-refractivity contribution < 1.29 is 9.90 Å². The van der Waals surface area contributed by atoms with E-state index < -0.39 is 6.10 Å². The van der Waals surface area contributed by atoms with Crippen LogP contribution in [0.5, 0.6) is 0 Å². The SMILES string of the molecule is Nc1nc(N2CCN(C(=O)C3CC=CC3)CC(O)C2)cc2nncn12. The van der Waals surface area contributed by atoms with E-state index in [1.165, 1.54) is 6.33 Å². The Hall–Kier alpha value is -2.68. The molecular formula is C16H21N7O2.